The van der Waals surface area contributed by atoms with E-state index >= 15 is 0 Å². The lowest BCUT2D eigenvalue weighted by atomic mass is 9.76. The van der Waals surface area contributed by atoms with Crippen LogP contribution in [0.5, 0.6) is 0 Å². The fourth-order valence-corrected chi connectivity index (χ4v) is 2.20. The Morgan fingerprint density at radius 2 is 2.10 bits per heavy atom. The number of carbonyl (C=O) groups is 1. The largest absolute Gasteiger partial charge is 0.349 e. The van der Waals surface area contributed by atoms with Gasteiger partial charge in [-0.15, -0.1) is 0 Å². The number of nitrogens with one attached hydrogen (secondary N) is 1. The summed E-state index contributed by atoms with van der Waals surface area (Å²) in [4.78, 5) is 15.7. The molecule has 0 saturated carbocycles. The van der Waals surface area contributed by atoms with Crippen LogP contribution < -0.4 is 11.1 Å². The van der Waals surface area contributed by atoms with Crippen LogP contribution in [0.2, 0.25) is 0 Å². The van der Waals surface area contributed by atoms with Crippen LogP contribution in [0.15, 0.2) is 4.52 Å². The quantitative estimate of drug-likeness (QED) is 0.794. The summed E-state index contributed by atoms with van der Waals surface area (Å²) < 4.78 is 5.12. The van der Waals surface area contributed by atoms with Crippen molar-refractivity contribution in [3.05, 3.63) is 11.7 Å². The van der Waals surface area contributed by atoms with Gasteiger partial charge in [0.15, 0.2) is 0 Å². The minimum Gasteiger partial charge on any atom is -0.349 e. The zero-order valence-electron chi connectivity index (χ0n) is 12.9. The van der Waals surface area contributed by atoms with Gasteiger partial charge in [0, 0.05) is 13.0 Å². The molecule has 114 valence electrons. The highest BCUT2D eigenvalue weighted by Crippen LogP contribution is 2.31. The summed E-state index contributed by atoms with van der Waals surface area (Å²) in [6.45, 7) is 9.70. The zero-order chi connectivity index (χ0) is 15.2. The molecule has 1 amide bonds. The van der Waals surface area contributed by atoms with Crippen molar-refractivity contribution in [2.75, 3.05) is 13.1 Å². The first-order valence-corrected chi connectivity index (χ1v) is 7.19. The van der Waals surface area contributed by atoms with Crippen molar-refractivity contribution in [3.63, 3.8) is 0 Å². The number of amides is 1. The van der Waals surface area contributed by atoms with E-state index in [4.69, 9.17) is 10.3 Å². The third kappa shape index (κ3) is 4.92. The summed E-state index contributed by atoms with van der Waals surface area (Å²) >= 11 is 0. The van der Waals surface area contributed by atoms with Gasteiger partial charge in [-0.3, -0.25) is 4.79 Å². The molecule has 0 bridgehead atoms. The molecule has 0 aromatic carbocycles. The second-order valence-electron chi connectivity index (χ2n) is 6.05. The predicted octanol–water partition coefficient (Wildman–Crippen LogP) is 1.76. The van der Waals surface area contributed by atoms with Crippen molar-refractivity contribution in [1.82, 2.24) is 15.5 Å². The zero-order valence-corrected chi connectivity index (χ0v) is 12.9. The van der Waals surface area contributed by atoms with Crippen LogP contribution in [0.4, 0.5) is 0 Å². The standard InChI is InChI=1S/C14H26N4O2/c1-5-16-13(19)12-17-11(20-18-12)7-6-10(8-9-15)14(2,3)4/h10H,5-9,15H2,1-4H3,(H,16,19). The van der Waals surface area contributed by atoms with Crippen molar-refractivity contribution in [2.45, 2.75) is 47.0 Å². The predicted molar refractivity (Wildman–Crippen MR) is 77.2 cm³/mol. The van der Waals surface area contributed by atoms with Crippen LogP contribution in [-0.2, 0) is 6.42 Å². The van der Waals surface area contributed by atoms with Gasteiger partial charge in [0.1, 0.15) is 0 Å². The lowest BCUT2D eigenvalue weighted by Crippen LogP contribution is -2.24. The fourth-order valence-electron chi connectivity index (χ4n) is 2.20. The smallest absolute Gasteiger partial charge is 0.292 e. The summed E-state index contributed by atoms with van der Waals surface area (Å²) in [6, 6.07) is 0. The molecule has 6 nitrogen and oxygen atoms in total. The third-order valence-corrected chi connectivity index (χ3v) is 3.46. The molecule has 1 unspecified atom stereocenters. The molecule has 1 atom stereocenters. The van der Waals surface area contributed by atoms with Crippen LogP contribution >= 0.6 is 0 Å². The van der Waals surface area contributed by atoms with E-state index in [1.165, 1.54) is 0 Å². The van der Waals surface area contributed by atoms with Gasteiger partial charge in [-0.1, -0.05) is 25.9 Å². The Morgan fingerprint density at radius 1 is 1.40 bits per heavy atom. The summed E-state index contributed by atoms with van der Waals surface area (Å²) in [7, 11) is 0. The third-order valence-electron chi connectivity index (χ3n) is 3.46. The number of nitrogens with zero attached hydrogens (tertiary/aromatic N) is 2. The molecule has 0 aliphatic heterocycles. The van der Waals surface area contributed by atoms with E-state index in [0.29, 0.717) is 31.3 Å². The Balaban J connectivity index is 2.58. The van der Waals surface area contributed by atoms with E-state index in [9.17, 15) is 4.79 Å². The SMILES string of the molecule is CCNC(=O)c1noc(CCC(CCN)C(C)(C)C)n1. The molecule has 0 saturated heterocycles. The molecule has 1 heterocycles. The summed E-state index contributed by atoms with van der Waals surface area (Å²) in [5.41, 5.74) is 5.86. The molecule has 0 aliphatic carbocycles. The second kappa shape index (κ2) is 7.38. The van der Waals surface area contributed by atoms with E-state index in [2.05, 4.69) is 36.2 Å². The van der Waals surface area contributed by atoms with Crippen molar-refractivity contribution in [1.29, 1.82) is 0 Å². The van der Waals surface area contributed by atoms with Gasteiger partial charge in [-0.2, -0.15) is 4.98 Å². The molecule has 1 aromatic heterocycles. The maximum atomic E-state index is 11.5. The monoisotopic (exact) mass is 282 g/mol. The molecule has 6 heteroatoms. The first kappa shape index (κ1) is 16.6. The Labute approximate surface area is 120 Å². The van der Waals surface area contributed by atoms with Gasteiger partial charge in [0.25, 0.3) is 11.7 Å². The lowest BCUT2D eigenvalue weighted by Gasteiger charge is -2.30. The number of hydrogen-bond acceptors (Lipinski definition) is 5. The van der Waals surface area contributed by atoms with Crippen LogP contribution in [0.25, 0.3) is 0 Å². The van der Waals surface area contributed by atoms with E-state index in [0.717, 1.165) is 12.8 Å². The van der Waals surface area contributed by atoms with Crippen molar-refractivity contribution >= 4 is 5.91 Å². The van der Waals surface area contributed by atoms with E-state index < -0.39 is 0 Å². The minimum absolute atomic E-state index is 0.105. The van der Waals surface area contributed by atoms with Gasteiger partial charge < -0.3 is 15.6 Å². The Morgan fingerprint density at radius 3 is 2.65 bits per heavy atom. The van der Waals surface area contributed by atoms with Crippen LogP contribution in [-0.4, -0.2) is 29.1 Å². The van der Waals surface area contributed by atoms with E-state index in [1.807, 2.05) is 6.92 Å². The number of rotatable bonds is 7. The second-order valence-corrected chi connectivity index (χ2v) is 6.05. The maximum absolute atomic E-state index is 11.5. The molecule has 0 radical (unpaired) electrons. The highest BCUT2D eigenvalue weighted by atomic mass is 16.5. The van der Waals surface area contributed by atoms with Crippen molar-refractivity contribution in [3.8, 4) is 0 Å². The minimum atomic E-state index is -0.295. The van der Waals surface area contributed by atoms with Crippen LogP contribution in [0.1, 0.15) is 57.0 Å². The Kier molecular flexibility index (Phi) is 6.13. The van der Waals surface area contributed by atoms with Gasteiger partial charge >= 0.3 is 0 Å². The van der Waals surface area contributed by atoms with Crippen molar-refractivity contribution < 1.29 is 9.32 Å². The first-order valence-electron chi connectivity index (χ1n) is 7.19. The molecular formula is C14H26N4O2. The topological polar surface area (TPSA) is 94.0 Å². The number of carbonyl (C=O) groups excluding carboxylic acids is 1. The first-order chi connectivity index (χ1) is 9.38. The highest BCUT2D eigenvalue weighted by Gasteiger charge is 2.24. The van der Waals surface area contributed by atoms with Gasteiger partial charge in [0.2, 0.25) is 5.89 Å². The average molecular weight is 282 g/mol. The normalized spacial score (nSPS) is 13.2. The fraction of sp³-hybridized carbons (Fsp3) is 0.786. The van der Waals surface area contributed by atoms with E-state index in [-0.39, 0.29) is 17.1 Å². The summed E-state index contributed by atoms with van der Waals surface area (Å²) in [6.07, 6.45) is 2.58. The number of aromatic nitrogens is 2. The van der Waals surface area contributed by atoms with Gasteiger partial charge in [-0.25, -0.2) is 0 Å². The number of hydrogen-bond donors (Lipinski definition) is 2. The van der Waals surface area contributed by atoms with Gasteiger partial charge in [-0.05, 0) is 37.6 Å². The summed E-state index contributed by atoms with van der Waals surface area (Å²) in [5.74, 6) is 0.814. The molecule has 0 spiro atoms. The number of nitrogens with two attached hydrogens (primary N) is 1. The van der Waals surface area contributed by atoms with Gasteiger partial charge in [0.05, 0.1) is 0 Å². The highest BCUT2D eigenvalue weighted by molar-refractivity contribution is 5.90. The number of aryl methyl sites for hydroxylation is 1. The lowest BCUT2D eigenvalue weighted by molar-refractivity contribution is 0.0942. The molecular weight excluding hydrogens is 256 g/mol. The molecule has 0 aliphatic rings. The Bertz CT molecular complexity index is 423. The summed E-state index contributed by atoms with van der Waals surface area (Å²) in [5, 5.41) is 6.34. The van der Waals surface area contributed by atoms with Crippen LogP contribution in [0.3, 0.4) is 0 Å². The molecule has 1 rings (SSSR count). The molecule has 1 aromatic rings. The average Bonchev–Trinajstić information content (AvgIpc) is 2.82. The Hall–Kier alpha value is -1.43. The van der Waals surface area contributed by atoms with E-state index in [1.54, 1.807) is 0 Å². The maximum Gasteiger partial charge on any atom is 0.292 e. The van der Waals surface area contributed by atoms with Crippen molar-refractivity contribution in [2.24, 2.45) is 17.1 Å². The molecule has 20 heavy (non-hydrogen) atoms. The molecule has 3 N–H and O–H groups in total. The molecule has 0 fully saturated rings. The van der Waals surface area contributed by atoms with Crippen LogP contribution in [0, 0.1) is 11.3 Å².